The van der Waals surface area contributed by atoms with Gasteiger partial charge in [-0.1, -0.05) is 77.3 Å². The Kier molecular flexibility index (Phi) is 7.19. The van der Waals surface area contributed by atoms with Gasteiger partial charge in [0.05, 0.1) is 0 Å². The van der Waals surface area contributed by atoms with Crippen molar-refractivity contribution in [2.24, 2.45) is 0 Å². The number of amides is 1. The van der Waals surface area contributed by atoms with Crippen LogP contribution in [0.15, 0.2) is 54.6 Å². The monoisotopic (exact) mass is 488 g/mol. The summed E-state index contributed by atoms with van der Waals surface area (Å²) in [6.07, 6.45) is 0.692. The van der Waals surface area contributed by atoms with Crippen LogP contribution in [-0.2, 0) is 11.2 Å². The number of piperazine rings is 1. The summed E-state index contributed by atoms with van der Waals surface area (Å²) in [4.78, 5) is 24.9. The fourth-order valence-corrected chi connectivity index (χ4v) is 4.25. The molecule has 0 atom stereocenters. The molecular formula is C24H23Cl3N4O. The second-order valence-corrected chi connectivity index (χ2v) is 9.25. The first-order valence-electron chi connectivity index (χ1n) is 10.4. The molecule has 1 fully saturated rings. The first-order chi connectivity index (χ1) is 15.4. The van der Waals surface area contributed by atoms with E-state index in [1.54, 1.807) is 4.90 Å². The van der Waals surface area contributed by atoms with E-state index in [1.807, 2.05) is 61.5 Å². The molecule has 0 saturated carbocycles. The second-order valence-electron chi connectivity index (χ2n) is 7.72. The molecule has 1 aliphatic heterocycles. The highest BCUT2D eigenvalue weighted by Crippen LogP contribution is 2.29. The number of carbonyl (C=O) groups excluding carboxylic acids is 1. The quantitative estimate of drug-likeness (QED) is 0.465. The van der Waals surface area contributed by atoms with Crippen LogP contribution < -0.4 is 4.90 Å². The molecule has 5 nitrogen and oxygen atoms in total. The van der Waals surface area contributed by atoms with Crippen LogP contribution in [0.3, 0.4) is 0 Å². The lowest BCUT2D eigenvalue weighted by molar-refractivity contribution is -0.129. The fourth-order valence-electron chi connectivity index (χ4n) is 3.85. The molecule has 2 heterocycles. The van der Waals surface area contributed by atoms with Crippen LogP contribution in [-0.4, -0.2) is 51.8 Å². The van der Waals surface area contributed by atoms with Gasteiger partial charge in [-0.25, -0.2) is 9.97 Å². The van der Waals surface area contributed by atoms with Gasteiger partial charge in [0.2, 0.25) is 0 Å². The van der Waals surface area contributed by atoms with Gasteiger partial charge in [-0.3, -0.25) is 4.79 Å². The molecule has 32 heavy (non-hydrogen) atoms. The van der Waals surface area contributed by atoms with Crippen LogP contribution in [0, 0.1) is 6.92 Å². The summed E-state index contributed by atoms with van der Waals surface area (Å²) in [6.45, 7) is 4.39. The minimum absolute atomic E-state index is 0.252. The number of aromatic nitrogens is 2. The van der Waals surface area contributed by atoms with E-state index in [1.165, 1.54) is 0 Å². The largest absolute Gasteiger partial charge is 0.353 e. The van der Waals surface area contributed by atoms with Crippen LogP contribution in [0.1, 0.15) is 16.8 Å². The lowest BCUT2D eigenvalue weighted by Crippen LogP contribution is -2.50. The average Bonchev–Trinajstić information content (AvgIpc) is 2.81. The van der Waals surface area contributed by atoms with E-state index in [4.69, 9.17) is 44.8 Å². The number of aryl methyl sites for hydroxylation is 1. The zero-order chi connectivity index (χ0) is 22.7. The average molecular weight is 490 g/mol. The Balaban J connectivity index is 1.68. The minimum Gasteiger partial charge on any atom is -0.353 e. The van der Waals surface area contributed by atoms with Gasteiger partial charge >= 0.3 is 0 Å². The summed E-state index contributed by atoms with van der Waals surface area (Å²) in [5, 5.41) is 0.707. The summed E-state index contributed by atoms with van der Waals surface area (Å²) in [5.74, 6) is 1.34. The van der Waals surface area contributed by atoms with Crippen molar-refractivity contribution in [3.05, 3.63) is 76.4 Å². The van der Waals surface area contributed by atoms with Crippen molar-refractivity contribution in [1.82, 2.24) is 14.9 Å². The molecule has 166 valence electrons. The van der Waals surface area contributed by atoms with Crippen LogP contribution >= 0.6 is 34.8 Å². The van der Waals surface area contributed by atoms with Gasteiger partial charge in [-0.2, -0.15) is 0 Å². The van der Waals surface area contributed by atoms with Crippen molar-refractivity contribution in [2.75, 3.05) is 31.1 Å². The van der Waals surface area contributed by atoms with Gasteiger partial charge in [-0.15, -0.1) is 0 Å². The number of rotatable bonds is 5. The molecule has 1 amide bonds. The maximum atomic E-state index is 12.2. The molecule has 0 N–H and O–H groups in total. The Morgan fingerprint density at radius 2 is 1.62 bits per heavy atom. The number of carbonyl (C=O) groups is 1. The number of alkyl halides is 2. The molecule has 0 radical (unpaired) electrons. The Morgan fingerprint density at radius 1 is 0.969 bits per heavy atom. The first kappa shape index (κ1) is 22.8. The van der Waals surface area contributed by atoms with Gasteiger partial charge in [0.1, 0.15) is 5.82 Å². The van der Waals surface area contributed by atoms with Gasteiger partial charge < -0.3 is 9.80 Å². The molecule has 0 aliphatic carbocycles. The Labute approximate surface area is 202 Å². The van der Waals surface area contributed by atoms with Gasteiger partial charge in [-0.05, 0) is 24.6 Å². The third-order valence-electron chi connectivity index (χ3n) is 5.60. The third kappa shape index (κ3) is 5.17. The van der Waals surface area contributed by atoms with E-state index in [9.17, 15) is 4.79 Å². The Morgan fingerprint density at radius 3 is 2.25 bits per heavy atom. The standard InChI is InChI=1S/C24H23Cl3N4O/c1-16-20(15-17-7-9-19(25)10-8-17)23(29-22(28-16)18-5-3-2-4-6-18)30-11-13-31(14-12-30)24(32)21(26)27/h2-10,21H,11-15H2,1H3. The molecule has 1 aliphatic rings. The molecule has 0 unspecified atom stereocenters. The predicted octanol–water partition coefficient (Wildman–Crippen LogP) is 5.15. The molecule has 0 spiro atoms. The molecule has 1 aromatic heterocycles. The van der Waals surface area contributed by atoms with Crippen molar-refractivity contribution < 1.29 is 4.79 Å². The molecular weight excluding hydrogens is 467 g/mol. The van der Waals surface area contributed by atoms with Crippen molar-refractivity contribution in [3.8, 4) is 11.4 Å². The van der Waals surface area contributed by atoms with E-state index in [0.717, 1.165) is 28.2 Å². The van der Waals surface area contributed by atoms with Crippen molar-refractivity contribution in [3.63, 3.8) is 0 Å². The summed E-state index contributed by atoms with van der Waals surface area (Å²) >= 11 is 17.6. The molecule has 2 aromatic carbocycles. The highest BCUT2D eigenvalue weighted by Gasteiger charge is 2.27. The van der Waals surface area contributed by atoms with Crippen LogP contribution in [0.25, 0.3) is 11.4 Å². The maximum Gasteiger partial charge on any atom is 0.255 e. The zero-order valence-corrected chi connectivity index (χ0v) is 19.9. The van der Waals surface area contributed by atoms with Crippen molar-refractivity contribution in [2.45, 2.75) is 18.2 Å². The number of hydrogen-bond donors (Lipinski definition) is 0. The van der Waals surface area contributed by atoms with Gasteiger partial charge in [0.15, 0.2) is 10.7 Å². The summed E-state index contributed by atoms with van der Waals surface area (Å²) in [6, 6.07) is 17.8. The summed E-state index contributed by atoms with van der Waals surface area (Å²) in [5.41, 5.74) is 4.11. The zero-order valence-electron chi connectivity index (χ0n) is 17.6. The van der Waals surface area contributed by atoms with E-state index < -0.39 is 4.84 Å². The van der Waals surface area contributed by atoms with E-state index >= 15 is 0 Å². The lowest BCUT2D eigenvalue weighted by Gasteiger charge is -2.36. The topological polar surface area (TPSA) is 49.3 Å². The van der Waals surface area contributed by atoms with Gasteiger partial charge in [0, 0.05) is 54.4 Å². The smallest absolute Gasteiger partial charge is 0.255 e. The highest BCUT2D eigenvalue weighted by molar-refractivity contribution is 6.53. The Hall–Kier alpha value is -2.34. The molecule has 3 aromatic rings. The van der Waals surface area contributed by atoms with Crippen LogP contribution in [0.5, 0.6) is 0 Å². The van der Waals surface area contributed by atoms with Crippen LogP contribution in [0.4, 0.5) is 5.82 Å². The number of hydrogen-bond acceptors (Lipinski definition) is 4. The number of benzene rings is 2. The third-order valence-corrected chi connectivity index (χ3v) is 6.22. The normalized spacial score (nSPS) is 14.2. The van der Waals surface area contributed by atoms with Crippen molar-refractivity contribution >= 4 is 46.5 Å². The summed E-state index contributed by atoms with van der Waals surface area (Å²) in [7, 11) is 0. The molecule has 0 bridgehead atoms. The maximum absolute atomic E-state index is 12.2. The predicted molar refractivity (Wildman–Crippen MR) is 131 cm³/mol. The van der Waals surface area contributed by atoms with E-state index in [0.29, 0.717) is 43.4 Å². The lowest BCUT2D eigenvalue weighted by atomic mass is 10.0. The fraction of sp³-hybridized carbons (Fsp3) is 0.292. The van der Waals surface area contributed by atoms with E-state index in [-0.39, 0.29) is 5.91 Å². The van der Waals surface area contributed by atoms with Crippen molar-refractivity contribution in [1.29, 1.82) is 0 Å². The molecule has 1 saturated heterocycles. The first-order valence-corrected chi connectivity index (χ1v) is 11.7. The molecule has 4 rings (SSSR count). The van der Waals surface area contributed by atoms with Gasteiger partial charge in [0.25, 0.3) is 5.91 Å². The molecule has 8 heteroatoms. The Bertz CT molecular complexity index is 1080. The second kappa shape index (κ2) is 10.1. The minimum atomic E-state index is -1.03. The number of anilines is 1. The van der Waals surface area contributed by atoms with Crippen LogP contribution in [0.2, 0.25) is 5.02 Å². The summed E-state index contributed by atoms with van der Waals surface area (Å²) < 4.78 is 0. The number of nitrogens with zero attached hydrogens (tertiary/aromatic N) is 4. The highest BCUT2D eigenvalue weighted by atomic mass is 35.5. The van der Waals surface area contributed by atoms with E-state index in [2.05, 4.69) is 4.90 Å². The number of halogens is 3. The SMILES string of the molecule is Cc1nc(-c2ccccc2)nc(N2CCN(C(=O)C(Cl)Cl)CC2)c1Cc1ccc(Cl)cc1.